The summed E-state index contributed by atoms with van der Waals surface area (Å²) in [6.45, 7) is 2.00. The fourth-order valence-corrected chi connectivity index (χ4v) is 4.60. The first kappa shape index (κ1) is 20.4. The number of nitrogens with one attached hydrogen (secondary N) is 2. The van der Waals surface area contributed by atoms with Crippen molar-refractivity contribution >= 4 is 21.6 Å². The third-order valence-corrected chi connectivity index (χ3v) is 6.14. The van der Waals surface area contributed by atoms with Crippen molar-refractivity contribution in [3.63, 3.8) is 0 Å². The minimum atomic E-state index is -3.32. The van der Waals surface area contributed by atoms with Gasteiger partial charge >= 0.3 is 0 Å². The summed E-state index contributed by atoms with van der Waals surface area (Å²) in [4.78, 5) is 13.4. The molecule has 1 aliphatic rings. The molecule has 0 bridgehead atoms. The van der Waals surface area contributed by atoms with Gasteiger partial charge < -0.3 is 5.32 Å². The zero-order chi connectivity index (χ0) is 20.2. The van der Waals surface area contributed by atoms with E-state index in [1.54, 1.807) is 12.1 Å². The molecule has 150 valence electrons. The Balaban J connectivity index is 1.85. The molecule has 1 aliphatic carbocycles. The van der Waals surface area contributed by atoms with E-state index >= 15 is 0 Å². The van der Waals surface area contributed by atoms with Gasteiger partial charge in [0.05, 0.1) is 17.7 Å². The predicted molar refractivity (Wildman–Crippen MR) is 113 cm³/mol. The van der Waals surface area contributed by atoms with Crippen molar-refractivity contribution in [1.82, 2.24) is 5.32 Å². The molecule has 5 nitrogen and oxygen atoms in total. The highest BCUT2D eigenvalue weighted by Gasteiger charge is 2.41. The Kier molecular flexibility index (Phi) is 6.08. The Labute approximate surface area is 167 Å². The first-order valence-electron chi connectivity index (χ1n) is 9.74. The van der Waals surface area contributed by atoms with Crippen molar-refractivity contribution in [2.45, 2.75) is 50.5 Å². The van der Waals surface area contributed by atoms with Gasteiger partial charge in [0, 0.05) is 5.69 Å². The van der Waals surface area contributed by atoms with Crippen molar-refractivity contribution in [2.24, 2.45) is 0 Å². The lowest BCUT2D eigenvalue weighted by molar-refractivity contribution is -0.128. The topological polar surface area (TPSA) is 75.3 Å². The molecule has 6 heteroatoms. The minimum absolute atomic E-state index is 0.0485. The summed E-state index contributed by atoms with van der Waals surface area (Å²) in [7, 11) is -3.32. The quantitative estimate of drug-likeness (QED) is 0.765. The molecule has 3 rings (SSSR count). The molecule has 1 amide bonds. The molecule has 0 radical (unpaired) electrons. The number of hydrogen-bond acceptors (Lipinski definition) is 3. The number of sulfonamides is 1. The van der Waals surface area contributed by atoms with Crippen LogP contribution in [0.2, 0.25) is 0 Å². The highest BCUT2D eigenvalue weighted by atomic mass is 32.2. The number of amides is 1. The molecular formula is C22H28N2O3S. The maximum Gasteiger partial charge on any atom is 0.231 e. The number of carbonyl (C=O) groups is 1. The Morgan fingerprint density at radius 2 is 1.57 bits per heavy atom. The number of hydrogen-bond donors (Lipinski definition) is 2. The van der Waals surface area contributed by atoms with Gasteiger partial charge in [0.1, 0.15) is 0 Å². The fourth-order valence-electron chi connectivity index (χ4n) is 4.03. The molecule has 0 saturated heterocycles. The van der Waals surface area contributed by atoms with Gasteiger partial charge in [-0.25, -0.2) is 8.42 Å². The molecule has 2 aromatic rings. The van der Waals surface area contributed by atoms with Crippen LogP contribution in [-0.2, 0) is 20.2 Å². The van der Waals surface area contributed by atoms with E-state index in [1.807, 2.05) is 49.4 Å². The molecule has 1 atom stereocenters. The summed E-state index contributed by atoms with van der Waals surface area (Å²) >= 11 is 0. The smallest absolute Gasteiger partial charge is 0.231 e. The second-order valence-electron chi connectivity index (χ2n) is 7.70. The molecular weight excluding hydrogens is 372 g/mol. The molecule has 0 aromatic heterocycles. The van der Waals surface area contributed by atoms with E-state index in [1.165, 1.54) is 0 Å². The molecule has 0 heterocycles. The van der Waals surface area contributed by atoms with Crippen LogP contribution in [0.4, 0.5) is 5.69 Å². The Bertz CT molecular complexity index is 903. The van der Waals surface area contributed by atoms with Crippen molar-refractivity contribution in [1.29, 1.82) is 0 Å². The Morgan fingerprint density at radius 1 is 0.964 bits per heavy atom. The average molecular weight is 401 g/mol. The van der Waals surface area contributed by atoms with Gasteiger partial charge in [0.25, 0.3) is 0 Å². The van der Waals surface area contributed by atoms with Crippen LogP contribution in [-0.4, -0.2) is 20.6 Å². The largest absolute Gasteiger partial charge is 0.349 e. The van der Waals surface area contributed by atoms with E-state index in [9.17, 15) is 13.2 Å². The van der Waals surface area contributed by atoms with Crippen LogP contribution in [0, 0.1) is 0 Å². The number of rotatable bonds is 6. The van der Waals surface area contributed by atoms with Gasteiger partial charge in [0.2, 0.25) is 15.9 Å². The monoisotopic (exact) mass is 400 g/mol. The SMILES string of the molecule is CC(NC(=O)C1(c2ccc(NS(C)(=O)=O)cc2)CCCCC1)c1ccccc1. The molecule has 1 unspecified atom stereocenters. The lowest BCUT2D eigenvalue weighted by atomic mass is 9.68. The predicted octanol–water partition coefficient (Wildman–Crippen LogP) is 4.14. The van der Waals surface area contributed by atoms with Gasteiger partial charge in [-0.3, -0.25) is 9.52 Å². The zero-order valence-electron chi connectivity index (χ0n) is 16.4. The third kappa shape index (κ3) is 4.73. The molecule has 28 heavy (non-hydrogen) atoms. The number of benzene rings is 2. The highest BCUT2D eigenvalue weighted by molar-refractivity contribution is 7.92. The lowest BCUT2D eigenvalue weighted by Crippen LogP contribution is -2.46. The van der Waals surface area contributed by atoms with E-state index in [0.29, 0.717) is 5.69 Å². The summed E-state index contributed by atoms with van der Waals surface area (Å²) in [6.07, 6.45) is 5.89. The van der Waals surface area contributed by atoms with Gasteiger partial charge in [-0.2, -0.15) is 0 Å². The van der Waals surface area contributed by atoms with Crippen LogP contribution in [0.5, 0.6) is 0 Å². The Hall–Kier alpha value is -2.34. The van der Waals surface area contributed by atoms with Crippen LogP contribution in [0.3, 0.4) is 0 Å². The van der Waals surface area contributed by atoms with Crippen LogP contribution in [0.15, 0.2) is 54.6 Å². The zero-order valence-corrected chi connectivity index (χ0v) is 17.3. The van der Waals surface area contributed by atoms with Crippen LogP contribution in [0.25, 0.3) is 0 Å². The van der Waals surface area contributed by atoms with Crippen molar-refractivity contribution in [2.75, 3.05) is 11.0 Å². The molecule has 2 aromatic carbocycles. The first-order chi connectivity index (χ1) is 13.3. The first-order valence-corrected chi connectivity index (χ1v) is 11.6. The van der Waals surface area contributed by atoms with E-state index in [0.717, 1.165) is 49.5 Å². The van der Waals surface area contributed by atoms with Crippen molar-refractivity contribution in [3.8, 4) is 0 Å². The molecule has 1 saturated carbocycles. The third-order valence-electron chi connectivity index (χ3n) is 5.53. The van der Waals surface area contributed by atoms with Crippen molar-refractivity contribution < 1.29 is 13.2 Å². The van der Waals surface area contributed by atoms with Crippen LogP contribution in [0.1, 0.15) is 56.2 Å². The van der Waals surface area contributed by atoms with Gasteiger partial charge in [-0.1, -0.05) is 61.7 Å². The van der Waals surface area contributed by atoms with E-state index in [2.05, 4.69) is 10.0 Å². The molecule has 0 spiro atoms. The Morgan fingerprint density at radius 3 is 2.14 bits per heavy atom. The van der Waals surface area contributed by atoms with Crippen LogP contribution >= 0.6 is 0 Å². The van der Waals surface area contributed by atoms with Crippen LogP contribution < -0.4 is 10.0 Å². The average Bonchev–Trinajstić information content (AvgIpc) is 2.68. The molecule has 0 aliphatic heterocycles. The van der Waals surface area contributed by atoms with Gasteiger partial charge in [-0.15, -0.1) is 0 Å². The molecule has 1 fully saturated rings. The van der Waals surface area contributed by atoms with Crippen molar-refractivity contribution in [3.05, 3.63) is 65.7 Å². The second-order valence-corrected chi connectivity index (χ2v) is 9.45. The highest BCUT2D eigenvalue weighted by Crippen LogP contribution is 2.40. The van der Waals surface area contributed by atoms with Gasteiger partial charge in [-0.05, 0) is 43.0 Å². The number of carbonyl (C=O) groups excluding carboxylic acids is 1. The fraction of sp³-hybridized carbons (Fsp3) is 0.409. The van der Waals surface area contributed by atoms with E-state index < -0.39 is 15.4 Å². The lowest BCUT2D eigenvalue weighted by Gasteiger charge is -2.37. The normalized spacial score (nSPS) is 17.5. The summed E-state index contributed by atoms with van der Waals surface area (Å²) in [5.41, 5.74) is 1.97. The minimum Gasteiger partial charge on any atom is -0.349 e. The van der Waals surface area contributed by atoms with Gasteiger partial charge in [0.15, 0.2) is 0 Å². The standard InChI is InChI=1S/C22H28N2O3S/c1-17(18-9-5-3-6-10-18)23-21(25)22(15-7-4-8-16-22)19-11-13-20(14-12-19)24-28(2,26)27/h3,5-6,9-14,17,24H,4,7-8,15-16H2,1-2H3,(H,23,25). The number of anilines is 1. The molecule has 2 N–H and O–H groups in total. The second kappa shape index (κ2) is 8.35. The van der Waals surface area contributed by atoms with E-state index in [-0.39, 0.29) is 11.9 Å². The van der Waals surface area contributed by atoms with E-state index in [4.69, 9.17) is 0 Å². The summed E-state index contributed by atoms with van der Waals surface area (Å²) < 4.78 is 25.4. The summed E-state index contributed by atoms with van der Waals surface area (Å²) in [6, 6.07) is 17.1. The maximum absolute atomic E-state index is 13.4. The summed E-state index contributed by atoms with van der Waals surface area (Å²) in [5, 5.41) is 3.21. The maximum atomic E-state index is 13.4. The summed E-state index contributed by atoms with van der Waals surface area (Å²) in [5.74, 6) is 0.0485.